The second-order valence-corrected chi connectivity index (χ2v) is 3.74. The number of rotatable bonds is 4. The van der Waals surface area contributed by atoms with Gasteiger partial charge < -0.3 is 10.0 Å². The zero-order valence-corrected chi connectivity index (χ0v) is 9.20. The molecule has 0 aliphatic carbocycles. The molecular formula is C12H19NO. The van der Waals surface area contributed by atoms with Gasteiger partial charge in [-0.25, -0.2) is 0 Å². The zero-order chi connectivity index (χ0) is 10.6. The van der Waals surface area contributed by atoms with Crippen LogP contribution in [0, 0.1) is 0 Å². The first-order valence-electron chi connectivity index (χ1n) is 5.11. The molecule has 2 nitrogen and oxygen atoms in total. The second kappa shape index (κ2) is 5.01. The number of nitrogens with zero attached hydrogens (tertiary/aromatic N) is 1. The summed E-state index contributed by atoms with van der Waals surface area (Å²) in [4.78, 5) is 1.81. The summed E-state index contributed by atoms with van der Waals surface area (Å²) in [5.74, 6) is 0.614. The molecule has 0 radical (unpaired) electrons. The first-order chi connectivity index (χ1) is 6.69. The highest BCUT2D eigenvalue weighted by molar-refractivity contribution is 5.46. The molecule has 0 bridgehead atoms. The lowest BCUT2D eigenvalue weighted by Gasteiger charge is -2.17. The van der Waals surface area contributed by atoms with Crippen molar-refractivity contribution in [2.24, 2.45) is 0 Å². The van der Waals surface area contributed by atoms with Crippen LogP contribution in [0.15, 0.2) is 24.3 Å². The van der Waals surface area contributed by atoms with Gasteiger partial charge in [0.15, 0.2) is 0 Å². The van der Waals surface area contributed by atoms with Crippen LogP contribution < -0.4 is 4.90 Å². The van der Waals surface area contributed by atoms with Crippen molar-refractivity contribution < 1.29 is 5.11 Å². The third-order valence-electron chi connectivity index (χ3n) is 2.73. The van der Waals surface area contributed by atoms with Gasteiger partial charge in [-0.1, -0.05) is 26.0 Å². The van der Waals surface area contributed by atoms with E-state index in [9.17, 15) is 0 Å². The second-order valence-electron chi connectivity index (χ2n) is 3.74. The van der Waals surface area contributed by atoms with Crippen molar-refractivity contribution in [3.05, 3.63) is 29.8 Å². The van der Waals surface area contributed by atoms with E-state index in [0.717, 1.165) is 12.1 Å². The van der Waals surface area contributed by atoms with E-state index in [1.165, 1.54) is 5.56 Å². The first-order valence-corrected chi connectivity index (χ1v) is 5.11. The average Bonchev–Trinajstić information content (AvgIpc) is 2.27. The van der Waals surface area contributed by atoms with Gasteiger partial charge >= 0.3 is 0 Å². The molecule has 1 rings (SSSR count). The molecule has 0 saturated carbocycles. The summed E-state index contributed by atoms with van der Waals surface area (Å²) >= 11 is 0. The summed E-state index contributed by atoms with van der Waals surface area (Å²) in [6.45, 7) is 4.48. The van der Waals surface area contributed by atoms with Crippen LogP contribution >= 0.6 is 0 Å². The summed E-state index contributed by atoms with van der Waals surface area (Å²) in [7, 11) is 1.87. The maximum Gasteiger partial charge on any atom is 0.115 e. The molecule has 1 aromatic rings. The number of hydrogen-bond acceptors (Lipinski definition) is 2. The summed E-state index contributed by atoms with van der Waals surface area (Å²) in [6, 6.07) is 8.38. The van der Waals surface area contributed by atoms with Gasteiger partial charge in [0.1, 0.15) is 6.73 Å². The van der Waals surface area contributed by atoms with Crippen molar-refractivity contribution in [3.63, 3.8) is 0 Å². The van der Waals surface area contributed by atoms with E-state index in [4.69, 9.17) is 5.11 Å². The van der Waals surface area contributed by atoms with Crippen LogP contribution in [-0.2, 0) is 0 Å². The van der Waals surface area contributed by atoms with Gasteiger partial charge in [0.05, 0.1) is 0 Å². The predicted octanol–water partition coefficient (Wildman–Crippen LogP) is 2.59. The molecule has 14 heavy (non-hydrogen) atoms. The SMILES string of the molecule is CCC(C)c1ccc(N(C)CO)cc1. The van der Waals surface area contributed by atoms with Crippen molar-refractivity contribution in [3.8, 4) is 0 Å². The lowest BCUT2D eigenvalue weighted by atomic mass is 9.98. The Morgan fingerprint density at radius 2 is 1.86 bits per heavy atom. The topological polar surface area (TPSA) is 23.5 Å². The lowest BCUT2D eigenvalue weighted by Crippen LogP contribution is -2.17. The maximum atomic E-state index is 8.94. The van der Waals surface area contributed by atoms with E-state index in [1.54, 1.807) is 4.90 Å². The molecule has 0 heterocycles. The molecule has 0 spiro atoms. The summed E-state index contributed by atoms with van der Waals surface area (Å²) in [6.07, 6.45) is 1.16. The van der Waals surface area contributed by atoms with E-state index in [2.05, 4.69) is 38.1 Å². The smallest absolute Gasteiger partial charge is 0.115 e. The molecule has 0 aliphatic rings. The fourth-order valence-electron chi connectivity index (χ4n) is 1.37. The number of benzene rings is 1. The molecule has 2 heteroatoms. The molecule has 78 valence electrons. The standard InChI is InChI=1S/C12H19NO/c1-4-10(2)11-5-7-12(8-6-11)13(3)9-14/h5-8,10,14H,4,9H2,1-3H3. The Morgan fingerprint density at radius 3 is 2.29 bits per heavy atom. The van der Waals surface area contributed by atoms with Crippen molar-refractivity contribution in [1.82, 2.24) is 0 Å². The van der Waals surface area contributed by atoms with E-state index in [-0.39, 0.29) is 6.73 Å². The fourth-order valence-corrected chi connectivity index (χ4v) is 1.37. The largest absolute Gasteiger partial charge is 0.376 e. The van der Waals surface area contributed by atoms with Crippen LogP contribution in [-0.4, -0.2) is 18.9 Å². The van der Waals surface area contributed by atoms with Crippen LogP contribution in [0.25, 0.3) is 0 Å². The van der Waals surface area contributed by atoms with Crippen LogP contribution in [0.5, 0.6) is 0 Å². The molecule has 1 aromatic carbocycles. The Labute approximate surface area is 86.2 Å². The quantitative estimate of drug-likeness (QED) is 0.743. The van der Waals surface area contributed by atoms with Gasteiger partial charge in [0.2, 0.25) is 0 Å². The number of anilines is 1. The Hall–Kier alpha value is -1.02. The number of aliphatic hydroxyl groups excluding tert-OH is 1. The average molecular weight is 193 g/mol. The molecule has 1 N–H and O–H groups in total. The van der Waals surface area contributed by atoms with Gasteiger partial charge in [0, 0.05) is 12.7 Å². The molecule has 0 aliphatic heterocycles. The molecular weight excluding hydrogens is 174 g/mol. The first kappa shape index (κ1) is 11.1. The monoisotopic (exact) mass is 193 g/mol. The minimum atomic E-state index is 0.0582. The highest BCUT2D eigenvalue weighted by Gasteiger charge is 2.03. The van der Waals surface area contributed by atoms with E-state index < -0.39 is 0 Å². The highest BCUT2D eigenvalue weighted by Crippen LogP contribution is 2.21. The van der Waals surface area contributed by atoms with Crippen LogP contribution in [0.1, 0.15) is 31.7 Å². The van der Waals surface area contributed by atoms with E-state index >= 15 is 0 Å². The normalized spacial score (nSPS) is 12.6. The molecule has 0 fully saturated rings. The van der Waals surface area contributed by atoms with E-state index in [1.807, 2.05) is 7.05 Å². The van der Waals surface area contributed by atoms with Gasteiger partial charge in [-0.15, -0.1) is 0 Å². The lowest BCUT2D eigenvalue weighted by molar-refractivity contribution is 0.298. The third-order valence-corrected chi connectivity index (χ3v) is 2.73. The van der Waals surface area contributed by atoms with Crippen LogP contribution in [0.2, 0.25) is 0 Å². The summed E-state index contributed by atoms with van der Waals surface area (Å²) in [5, 5.41) is 8.94. The van der Waals surface area contributed by atoms with Gasteiger partial charge in [0.25, 0.3) is 0 Å². The van der Waals surface area contributed by atoms with Crippen molar-refractivity contribution >= 4 is 5.69 Å². The fraction of sp³-hybridized carbons (Fsp3) is 0.500. The zero-order valence-electron chi connectivity index (χ0n) is 9.20. The minimum absolute atomic E-state index is 0.0582. The van der Waals surface area contributed by atoms with Crippen molar-refractivity contribution in [2.45, 2.75) is 26.2 Å². The Kier molecular flexibility index (Phi) is 3.96. The van der Waals surface area contributed by atoms with Gasteiger partial charge in [-0.05, 0) is 30.0 Å². The Bertz CT molecular complexity index is 239. The predicted molar refractivity (Wildman–Crippen MR) is 60.6 cm³/mol. The molecule has 1 unspecified atom stereocenters. The Balaban J connectivity index is 2.78. The van der Waals surface area contributed by atoms with Crippen molar-refractivity contribution in [2.75, 3.05) is 18.7 Å². The third kappa shape index (κ3) is 2.48. The molecule has 0 aromatic heterocycles. The van der Waals surface area contributed by atoms with Crippen LogP contribution in [0.4, 0.5) is 5.69 Å². The van der Waals surface area contributed by atoms with Gasteiger partial charge in [-0.2, -0.15) is 0 Å². The van der Waals surface area contributed by atoms with Crippen molar-refractivity contribution in [1.29, 1.82) is 0 Å². The Morgan fingerprint density at radius 1 is 1.29 bits per heavy atom. The van der Waals surface area contributed by atoms with Crippen LogP contribution in [0.3, 0.4) is 0 Å². The molecule has 0 saturated heterocycles. The van der Waals surface area contributed by atoms with E-state index in [0.29, 0.717) is 5.92 Å². The van der Waals surface area contributed by atoms with Gasteiger partial charge in [-0.3, -0.25) is 0 Å². The maximum absolute atomic E-state index is 8.94. The highest BCUT2D eigenvalue weighted by atomic mass is 16.3. The summed E-state index contributed by atoms with van der Waals surface area (Å²) in [5.41, 5.74) is 2.42. The number of hydrogen-bond donors (Lipinski definition) is 1. The number of aliphatic hydroxyl groups is 1. The molecule has 0 amide bonds. The molecule has 1 atom stereocenters. The summed E-state index contributed by atoms with van der Waals surface area (Å²) < 4.78 is 0. The minimum Gasteiger partial charge on any atom is -0.376 e.